The SMILES string of the molecule is CC(C)c1ccc(N2CCc3cc(O)ccc3C2(C)c2ccc(C=CC(=O)O)cc2)c(F)c1. The van der Waals surface area contributed by atoms with Crippen molar-refractivity contribution in [2.75, 3.05) is 11.4 Å². The predicted molar refractivity (Wildman–Crippen MR) is 129 cm³/mol. The highest BCUT2D eigenvalue weighted by atomic mass is 19.1. The minimum atomic E-state index is -1.00. The number of rotatable bonds is 5. The molecule has 33 heavy (non-hydrogen) atoms. The number of hydrogen-bond donors (Lipinski definition) is 2. The van der Waals surface area contributed by atoms with Crippen LogP contribution in [0.4, 0.5) is 10.1 Å². The number of benzene rings is 3. The van der Waals surface area contributed by atoms with E-state index in [-0.39, 0.29) is 17.5 Å². The molecule has 3 aromatic rings. The van der Waals surface area contributed by atoms with Gasteiger partial charge in [-0.05, 0) is 77.4 Å². The first-order valence-electron chi connectivity index (χ1n) is 11.1. The van der Waals surface area contributed by atoms with E-state index in [2.05, 4.69) is 11.8 Å². The highest BCUT2D eigenvalue weighted by Gasteiger charge is 2.41. The molecule has 0 saturated heterocycles. The van der Waals surface area contributed by atoms with E-state index in [1.165, 1.54) is 0 Å². The van der Waals surface area contributed by atoms with E-state index in [1.54, 1.807) is 24.3 Å². The Labute approximate surface area is 193 Å². The standard InChI is InChI=1S/C28H28FNO3/c1-18(2)20-7-12-26(25(29)17-20)30-15-14-21-16-23(31)10-11-24(21)28(30,3)22-8-4-19(5-9-22)6-13-27(32)33/h4-13,16-18,31H,14-15H2,1-3H3,(H,32,33). The number of aliphatic carboxylic acids is 1. The summed E-state index contributed by atoms with van der Waals surface area (Å²) in [6.07, 6.45) is 3.33. The summed E-state index contributed by atoms with van der Waals surface area (Å²) in [6, 6.07) is 18.5. The molecule has 170 valence electrons. The van der Waals surface area contributed by atoms with Crippen LogP contribution in [0.25, 0.3) is 6.08 Å². The summed E-state index contributed by atoms with van der Waals surface area (Å²) < 4.78 is 15.4. The van der Waals surface area contributed by atoms with E-state index in [0.29, 0.717) is 18.7 Å². The van der Waals surface area contributed by atoms with Gasteiger partial charge in [-0.1, -0.05) is 50.2 Å². The number of aromatic hydroxyl groups is 1. The Hall–Kier alpha value is -3.60. The predicted octanol–water partition coefficient (Wildman–Crippen LogP) is 6.08. The van der Waals surface area contributed by atoms with Crippen molar-refractivity contribution >= 4 is 17.7 Å². The van der Waals surface area contributed by atoms with Crippen molar-refractivity contribution in [3.63, 3.8) is 0 Å². The summed E-state index contributed by atoms with van der Waals surface area (Å²) in [4.78, 5) is 12.9. The average Bonchev–Trinajstić information content (AvgIpc) is 2.78. The molecular formula is C28H28FNO3. The van der Waals surface area contributed by atoms with Crippen LogP contribution in [-0.4, -0.2) is 22.7 Å². The maximum absolute atomic E-state index is 15.4. The highest BCUT2D eigenvalue weighted by Crippen LogP contribution is 2.45. The van der Waals surface area contributed by atoms with Crippen LogP contribution in [0.15, 0.2) is 66.7 Å². The van der Waals surface area contributed by atoms with Crippen molar-refractivity contribution in [2.24, 2.45) is 0 Å². The van der Waals surface area contributed by atoms with Crippen LogP contribution in [0.1, 0.15) is 54.5 Å². The summed E-state index contributed by atoms with van der Waals surface area (Å²) in [5.41, 5.74) is 4.57. The zero-order chi connectivity index (χ0) is 23.8. The minimum absolute atomic E-state index is 0.214. The van der Waals surface area contributed by atoms with Gasteiger partial charge in [-0.15, -0.1) is 0 Å². The lowest BCUT2D eigenvalue weighted by Gasteiger charge is -2.48. The molecule has 0 radical (unpaired) electrons. The number of hydrogen-bond acceptors (Lipinski definition) is 3. The van der Waals surface area contributed by atoms with Crippen molar-refractivity contribution in [2.45, 2.75) is 38.6 Å². The van der Waals surface area contributed by atoms with E-state index in [1.807, 2.05) is 56.3 Å². The first-order chi connectivity index (χ1) is 15.7. The molecule has 0 fully saturated rings. The molecule has 1 atom stereocenters. The number of halogens is 1. The number of carboxylic acids is 1. The maximum atomic E-state index is 15.4. The molecule has 4 nitrogen and oxygen atoms in total. The lowest BCUT2D eigenvalue weighted by molar-refractivity contribution is -0.131. The summed E-state index contributed by atoms with van der Waals surface area (Å²) >= 11 is 0. The Balaban J connectivity index is 1.85. The van der Waals surface area contributed by atoms with E-state index in [9.17, 15) is 9.90 Å². The molecule has 0 spiro atoms. The number of anilines is 1. The maximum Gasteiger partial charge on any atom is 0.328 e. The number of carbonyl (C=O) groups is 1. The Morgan fingerprint density at radius 2 is 1.82 bits per heavy atom. The molecule has 0 saturated carbocycles. The number of nitrogens with zero attached hydrogens (tertiary/aromatic N) is 1. The summed E-state index contributed by atoms with van der Waals surface area (Å²) in [5, 5.41) is 18.9. The Morgan fingerprint density at radius 3 is 2.45 bits per heavy atom. The van der Waals surface area contributed by atoms with Gasteiger partial charge in [0.25, 0.3) is 0 Å². The summed E-state index contributed by atoms with van der Waals surface area (Å²) in [5.74, 6) is -0.809. The zero-order valence-electron chi connectivity index (χ0n) is 19.0. The monoisotopic (exact) mass is 445 g/mol. The number of phenols is 1. The molecule has 1 heterocycles. The van der Waals surface area contributed by atoms with Crippen molar-refractivity contribution in [1.82, 2.24) is 0 Å². The first-order valence-corrected chi connectivity index (χ1v) is 11.1. The molecule has 1 aliphatic heterocycles. The van der Waals surface area contributed by atoms with E-state index < -0.39 is 11.5 Å². The molecular weight excluding hydrogens is 417 g/mol. The molecule has 0 amide bonds. The van der Waals surface area contributed by atoms with Gasteiger partial charge < -0.3 is 15.1 Å². The smallest absolute Gasteiger partial charge is 0.328 e. The Bertz CT molecular complexity index is 1220. The van der Waals surface area contributed by atoms with Gasteiger partial charge in [0.2, 0.25) is 0 Å². The van der Waals surface area contributed by atoms with Gasteiger partial charge in [0.05, 0.1) is 11.2 Å². The zero-order valence-corrected chi connectivity index (χ0v) is 19.0. The molecule has 1 aliphatic rings. The molecule has 0 bridgehead atoms. The molecule has 3 aromatic carbocycles. The fourth-order valence-electron chi connectivity index (χ4n) is 4.72. The third kappa shape index (κ3) is 4.23. The van der Waals surface area contributed by atoms with Gasteiger partial charge in [-0.3, -0.25) is 0 Å². The lowest BCUT2D eigenvalue weighted by Crippen LogP contribution is -2.50. The third-order valence-electron chi connectivity index (χ3n) is 6.58. The van der Waals surface area contributed by atoms with Crippen LogP contribution in [0, 0.1) is 5.82 Å². The van der Waals surface area contributed by atoms with Crippen LogP contribution < -0.4 is 4.90 Å². The second-order valence-corrected chi connectivity index (χ2v) is 8.97. The quantitative estimate of drug-likeness (QED) is 0.468. The molecule has 0 aromatic heterocycles. The van der Waals surface area contributed by atoms with E-state index in [4.69, 9.17) is 5.11 Å². The first kappa shape index (κ1) is 22.6. The average molecular weight is 446 g/mol. The minimum Gasteiger partial charge on any atom is -0.508 e. The van der Waals surface area contributed by atoms with E-state index >= 15 is 4.39 Å². The van der Waals surface area contributed by atoms with Gasteiger partial charge >= 0.3 is 5.97 Å². The topological polar surface area (TPSA) is 60.8 Å². The molecule has 0 aliphatic carbocycles. The number of fused-ring (bicyclic) bond motifs is 1. The Kier molecular flexibility index (Phi) is 5.98. The molecule has 5 heteroatoms. The fourth-order valence-corrected chi connectivity index (χ4v) is 4.72. The van der Waals surface area contributed by atoms with E-state index in [0.717, 1.165) is 33.9 Å². The van der Waals surface area contributed by atoms with Gasteiger partial charge in [0, 0.05) is 12.6 Å². The molecule has 2 N–H and O–H groups in total. The van der Waals surface area contributed by atoms with Gasteiger partial charge in [-0.25, -0.2) is 9.18 Å². The third-order valence-corrected chi connectivity index (χ3v) is 6.58. The van der Waals surface area contributed by atoms with Crippen molar-refractivity contribution in [3.05, 3.63) is 100 Å². The lowest BCUT2D eigenvalue weighted by atomic mass is 9.76. The van der Waals surface area contributed by atoms with Crippen LogP contribution in [0.5, 0.6) is 5.75 Å². The van der Waals surface area contributed by atoms with Crippen LogP contribution in [-0.2, 0) is 16.8 Å². The normalized spacial score (nSPS) is 18.0. The van der Waals surface area contributed by atoms with Crippen molar-refractivity contribution in [3.8, 4) is 5.75 Å². The molecule has 4 rings (SSSR count). The second-order valence-electron chi connectivity index (χ2n) is 8.97. The van der Waals surface area contributed by atoms with Crippen molar-refractivity contribution < 1.29 is 19.4 Å². The van der Waals surface area contributed by atoms with Gasteiger partial charge in [-0.2, -0.15) is 0 Å². The summed E-state index contributed by atoms with van der Waals surface area (Å²) in [7, 11) is 0. The van der Waals surface area contributed by atoms with Crippen LogP contribution in [0.2, 0.25) is 0 Å². The number of phenolic OH excluding ortho intramolecular Hbond substituents is 1. The fraction of sp³-hybridized carbons (Fsp3) is 0.250. The molecule has 1 unspecified atom stereocenters. The van der Waals surface area contributed by atoms with Crippen LogP contribution >= 0.6 is 0 Å². The van der Waals surface area contributed by atoms with Gasteiger partial charge in [0.15, 0.2) is 0 Å². The summed E-state index contributed by atoms with van der Waals surface area (Å²) in [6.45, 7) is 6.75. The van der Waals surface area contributed by atoms with Gasteiger partial charge in [0.1, 0.15) is 11.6 Å². The Morgan fingerprint density at radius 1 is 1.09 bits per heavy atom. The highest BCUT2D eigenvalue weighted by molar-refractivity contribution is 5.85. The van der Waals surface area contributed by atoms with Crippen LogP contribution in [0.3, 0.4) is 0 Å². The van der Waals surface area contributed by atoms with Crippen molar-refractivity contribution in [1.29, 1.82) is 0 Å². The second kappa shape index (κ2) is 8.74. The largest absolute Gasteiger partial charge is 0.508 e. The number of carboxylic acid groups (broad SMARTS) is 1.